The number of benzene rings is 1. The second-order valence-corrected chi connectivity index (χ2v) is 4.21. The minimum Gasteiger partial charge on any atom is -0.322 e. The fourth-order valence-corrected chi connectivity index (χ4v) is 1.40. The third-order valence-corrected chi connectivity index (χ3v) is 2.30. The van der Waals surface area contributed by atoms with Crippen LogP contribution < -0.4 is 5.73 Å². The van der Waals surface area contributed by atoms with Crippen LogP contribution in [-0.4, -0.2) is 0 Å². The van der Waals surface area contributed by atoms with Gasteiger partial charge >= 0.3 is 0 Å². The number of nitrogens with two attached hydrogens (primary N) is 1. The number of hydrogen-bond donors (Lipinski definition) is 1. The average molecular weight is 217 g/mol. The van der Waals surface area contributed by atoms with Gasteiger partial charge in [0, 0.05) is 5.54 Å². The molecule has 0 heterocycles. The summed E-state index contributed by atoms with van der Waals surface area (Å²) in [6.45, 7) is 4.85. The van der Waals surface area contributed by atoms with Crippen LogP contribution in [0.1, 0.15) is 37.0 Å². The molecule has 0 atom stereocenters. The highest BCUT2D eigenvalue weighted by molar-refractivity contribution is 5.36. The molecule has 1 aromatic carbocycles. The highest BCUT2D eigenvalue weighted by Gasteiger charge is 2.21. The van der Waals surface area contributed by atoms with Gasteiger partial charge in [-0.1, -0.05) is 6.07 Å². The zero-order valence-electron chi connectivity index (χ0n) is 8.94. The Kier molecular flexibility index (Phi) is 3.09. The van der Waals surface area contributed by atoms with Crippen molar-refractivity contribution in [2.75, 3.05) is 0 Å². The molecule has 0 unspecified atom stereocenters. The van der Waals surface area contributed by atoms with Gasteiger partial charge in [-0.3, -0.25) is 0 Å². The number of hydrogen-bond acceptors (Lipinski definition) is 1. The minimum atomic E-state index is -2.79. The number of aryl methyl sites for hydroxylation is 1. The molecule has 0 aliphatic heterocycles. The van der Waals surface area contributed by atoms with E-state index in [1.54, 1.807) is 13.8 Å². The van der Waals surface area contributed by atoms with Crippen LogP contribution in [0.3, 0.4) is 0 Å². The van der Waals surface area contributed by atoms with Gasteiger partial charge in [0.1, 0.15) is 5.82 Å². The van der Waals surface area contributed by atoms with Crippen LogP contribution in [0, 0.1) is 12.7 Å². The summed E-state index contributed by atoms with van der Waals surface area (Å²) in [6, 6.07) is 2.58. The van der Waals surface area contributed by atoms with Gasteiger partial charge in [-0.25, -0.2) is 13.2 Å². The molecule has 0 aliphatic rings. The predicted molar refractivity (Wildman–Crippen MR) is 53.3 cm³/mol. The fraction of sp³-hybridized carbons (Fsp3) is 0.455. The van der Waals surface area contributed by atoms with Crippen molar-refractivity contribution < 1.29 is 13.2 Å². The summed E-state index contributed by atoms with van der Waals surface area (Å²) < 4.78 is 38.2. The molecule has 1 nitrogen and oxygen atoms in total. The molecule has 0 fully saturated rings. The largest absolute Gasteiger partial charge is 0.322 e. The van der Waals surface area contributed by atoms with Gasteiger partial charge in [0.05, 0.1) is 5.56 Å². The highest BCUT2D eigenvalue weighted by Crippen LogP contribution is 2.29. The van der Waals surface area contributed by atoms with Gasteiger partial charge < -0.3 is 5.73 Å². The number of rotatable bonds is 2. The zero-order chi connectivity index (χ0) is 11.8. The Bertz CT molecular complexity index is 344. The molecule has 15 heavy (non-hydrogen) atoms. The van der Waals surface area contributed by atoms with Crippen LogP contribution >= 0.6 is 0 Å². The molecule has 0 spiro atoms. The van der Waals surface area contributed by atoms with E-state index in [0.717, 1.165) is 6.07 Å². The van der Waals surface area contributed by atoms with E-state index in [1.807, 2.05) is 0 Å². The fourth-order valence-electron chi connectivity index (χ4n) is 1.40. The maximum Gasteiger partial charge on any atom is 0.266 e. The molecule has 4 heteroatoms. The second-order valence-electron chi connectivity index (χ2n) is 4.21. The first-order valence-corrected chi connectivity index (χ1v) is 4.61. The first kappa shape index (κ1) is 12.0. The normalized spacial score (nSPS) is 12.3. The van der Waals surface area contributed by atoms with E-state index in [9.17, 15) is 13.2 Å². The van der Waals surface area contributed by atoms with Crippen LogP contribution in [0.25, 0.3) is 0 Å². The summed E-state index contributed by atoms with van der Waals surface area (Å²) in [4.78, 5) is 0. The van der Waals surface area contributed by atoms with Crippen molar-refractivity contribution in [3.63, 3.8) is 0 Å². The SMILES string of the molecule is Cc1cc(C(C)(C)N)cc(F)c1C(F)F. The summed E-state index contributed by atoms with van der Waals surface area (Å²) in [5, 5.41) is 0. The van der Waals surface area contributed by atoms with Gasteiger partial charge in [-0.15, -0.1) is 0 Å². The van der Waals surface area contributed by atoms with Crippen LogP contribution in [0.4, 0.5) is 13.2 Å². The second kappa shape index (κ2) is 3.85. The van der Waals surface area contributed by atoms with Crippen LogP contribution in [0.2, 0.25) is 0 Å². The van der Waals surface area contributed by atoms with Crippen molar-refractivity contribution in [3.05, 3.63) is 34.6 Å². The van der Waals surface area contributed by atoms with Crippen LogP contribution in [0.5, 0.6) is 0 Å². The molecule has 0 aromatic heterocycles. The Morgan fingerprint density at radius 2 is 1.80 bits per heavy atom. The van der Waals surface area contributed by atoms with E-state index in [4.69, 9.17) is 5.73 Å². The molecule has 0 aliphatic carbocycles. The minimum absolute atomic E-state index is 0.235. The first-order chi connectivity index (χ1) is 6.73. The van der Waals surface area contributed by atoms with E-state index in [0.29, 0.717) is 5.56 Å². The van der Waals surface area contributed by atoms with E-state index in [-0.39, 0.29) is 5.56 Å². The third-order valence-electron chi connectivity index (χ3n) is 2.30. The van der Waals surface area contributed by atoms with Gasteiger partial charge in [0.15, 0.2) is 0 Å². The van der Waals surface area contributed by atoms with E-state index < -0.39 is 23.3 Å². The maximum atomic E-state index is 13.4. The van der Waals surface area contributed by atoms with Gasteiger partial charge in [-0.2, -0.15) is 0 Å². The Morgan fingerprint density at radius 1 is 1.27 bits per heavy atom. The molecular weight excluding hydrogens is 203 g/mol. The molecule has 0 bridgehead atoms. The van der Waals surface area contributed by atoms with E-state index >= 15 is 0 Å². The van der Waals surface area contributed by atoms with Gasteiger partial charge in [-0.05, 0) is 38.0 Å². The molecular formula is C11H14F3N. The summed E-state index contributed by atoms with van der Waals surface area (Å²) in [7, 11) is 0. The van der Waals surface area contributed by atoms with E-state index in [1.165, 1.54) is 13.0 Å². The number of halogens is 3. The van der Waals surface area contributed by atoms with Crippen LogP contribution in [-0.2, 0) is 5.54 Å². The predicted octanol–water partition coefficient (Wildman–Crippen LogP) is 3.27. The lowest BCUT2D eigenvalue weighted by Crippen LogP contribution is -2.29. The van der Waals surface area contributed by atoms with Gasteiger partial charge in [0.25, 0.3) is 6.43 Å². The molecule has 2 N–H and O–H groups in total. The Labute approximate surface area is 87.1 Å². The Morgan fingerprint density at radius 3 is 2.13 bits per heavy atom. The molecule has 84 valence electrons. The first-order valence-electron chi connectivity index (χ1n) is 4.61. The molecule has 0 saturated carbocycles. The monoisotopic (exact) mass is 217 g/mol. The Balaban J connectivity index is 3.32. The van der Waals surface area contributed by atoms with Crippen molar-refractivity contribution >= 4 is 0 Å². The lowest BCUT2D eigenvalue weighted by molar-refractivity contribution is 0.145. The van der Waals surface area contributed by atoms with Crippen molar-refractivity contribution in [2.45, 2.75) is 32.7 Å². The number of alkyl halides is 2. The van der Waals surface area contributed by atoms with Crippen molar-refractivity contribution in [1.29, 1.82) is 0 Å². The smallest absolute Gasteiger partial charge is 0.266 e. The topological polar surface area (TPSA) is 26.0 Å². The van der Waals surface area contributed by atoms with Gasteiger partial charge in [0.2, 0.25) is 0 Å². The average Bonchev–Trinajstić information content (AvgIpc) is 1.99. The molecule has 0 amide bonds. The lowest BCUT2D eigenvalue weighted by Gasteiger charge is -2.21. The summed E-state index contributed by atoms with van der Waals surface area (Å²) in [5.41, 5.74) is 5.25. The maximum absolute atomic E-state index is 13.4. The lowest BCUT2D eigenvalue weighted by atomic mass is 9.92. The molecule has 1 aromatic rings. The van der Waals surface area contributed by atoms with E-state index in [2.05, 4.69) is 0 Å². The summed E-state index contributed by atoms with van der Waals surface area (Å²) >= 11 is 0. The molecule has 0 saturated heterocycles. The van der Waals surface area contributed by atoms with Crippen molar-refractivity contribution in [2.24, 2.45) is 5.73 Å². The quantitative estimate of drug-likeness (QED) is 0.808. The molecule has 1 rings (SSSR count). The van der Waals surface area contributed by atoms with Crippen LogP contribution in [0.15, 0.2) is 12.1 Å². The van der Waals surface area contributed by atoms with Crippen molar-refractivity contribution in [3.8, 4) is 0 Å². The third kappa shape index (κ3) is 2.50. The summed E-state index contributed by atoms with van der Waals surface area (Å²) in [5.74, 6) is -0.890. The molecule has 0 radical (unpaired) electrons. The summed E-state index contributed by atoms with van der Waals surface area (Å²) in [6.07, 6.45) is -2.79. The highest BCUT2D eigenvalue weighted by atomic mass is 19.3. The zero-order valence-corrected chi connectivity index (χ0v) is 8.94. The Hall–Kier alpha value is -1.03. The van der Waals surface area contributed by atoms with Crippen molar-refractivity contribution in [1.82, 2.24) is 0 Å². The standard InChI is InChI=1S/C11H14F3N/c1-6-4-7(11(2,3)15)5-8(12)9(6)10(13)14/h4-5,10H,15H2,1-3H3.